The van der Waals surface area contributed by atoms with Crippen molar-refractivity contribution in [3.8, 4) is 0 Å². The molecule has 0 unspecified atom stereocenters. The zero-order valence-corrected chi connectivity index (χ0v) is 9.66. The molecule has 0 saturated heterocycles. The molecule has 0 saturated carbocycles. The van der Waals surface area contributed by atoms with Gasteiger partial charge in [-0.05, 0) is 0 Å². The van der Waals surface area contributed by atoms with Gasteiger partial charge in [-0.15, -0.1) is 0 Å². The van der Waals surface area contributed by atoms with Gasteiger partial charge in [0.2, 0.25) is 0 Å². The molecule has 36 valence electrons. The Morgan fingerprint density at radius 3 is 1.00 bits per heavy atom. The van der Waals surface area contributed by atoms with Crippen molar-refractivity contribution in [2.45, 2.75) is 0 Å². The van der Waals surface area contributed by atoms with Crippen LogP contribution in [0.5, 0.6) is 0 Å². The summed E-state index contributed by atoms with van der Waals surface area (Å²) >= 11 is 7.26. The molecule has 0 aliphatic heterocycles. The van der Waals surface area contributed by atoms with Gasteiger partial charge in [0.15, 0.2) is 0 Å². The fourth-order valence-electron chi connectivity index (χ4n) is 0. The minimum absolute atomic E-state index is 0. The maximum absolute atomic E-state index is 2.42. The van der Waals surface area contributed by atoms with E-state index in [1.165, 1.54) is 0 Å². The third-order valence-electron chi connectivity index (χ3n) is 0. The molecular formula is H2I3MnO. The summed E-state index contributed by atoms with van der Waals surface area (Å²) < 4.78 is 0.0142. The van der Waals surface area contributed by atoms with Crippen LogP contribution in [0.1, 0.15) is 0 Å². The van der Waals surface area contributed by atoms with Crippen LogP contribution in [-0.4, -0.2) is 5.48 Å². The summed E-state index contributed by atoms with van der Waals surface area (Å²) in [4.78, 5) is 0. The first kappa shape index (κ1) is 10.6. The van der Waals surface area contributed by atoms with Crippen molar-refractivity contribution >= 4 is 61.0 Å². The SMILES string of the molecule is O.[I][Mn]([I])[I]. The maximum atomic E-state index is 2.42. The zero-order chi connectivity index (χ0) is 3.58. The molecule has 5 heteroatoms. The molecule has 0 radical (unpaired) electrons. The van der Waals surface area contributed by atoms with E-state index >= 15 is 0 Å². The zero-order valence-electron chi connectivity index (χ0n) is 2.01. The summed E-state index contributed by atoms with van der Waals surface area (Å²) in [6.45, 7) is 0. The van der Waals surface area contributed by atoms with Crippen molar-refractivity contribution < 1.29 is 9.63 Å². The van der Waals surface area contributed by atoms with Crippen LogP contribution >= 0.6 is 61.0 Å². The fraction of sp³-hybridized carbons (Fsp3) is 0. The molecule has 0 fully saturated rings. The summed E-state index contributed by atoms with van der Waals surface area (Å²) in [6, 6.07) is 0. The summed E-state index contributed by atoms with van der Waals surface area (Å²) in [6.07, 6.45) is 0. The van der Waals surface area contributed by atoms with E-state index in [1.54, 1.807) is 0 Å². The summed E-state index contributed by atoms with van der Waals surface area (Å²) in [7, 11) is 0. The van der Waals surface area contributed by atoms with Crippen LogP contribution in [0.4, 0.5) is 0 Å². The second-order valence-electron chi connectivity index (χ2n) is 0.162. The van der Waals surface area contributed by atoms with Crippen LogP contribution in [0.3, 0.4) is 0 Å². The van der Waals surface area contributed by atoms with Crippen molar-refractivity contribution in [2.75, 3.05) is 0 Å². The van der Waals surface area contributed by atoms with Gasteiger partial charge in [0, 0.05) is 0 Å². The molecule has 0 atom stereocenters. The molecule has 0 aliphatic carbocycles. The van der Waals surface area contributed by atoms with E-state index in [-0.39, 0.29) is 9.63 Å². The van der Waals surface area contributed by atoms with Crippen molar-refractivity contribution in [3.63, 3.8) is 0 Å². The predicted molar refractivity (Wildman–Crippen MR) is 45.7 cm³/mol. The Kier molecular flexibility index (Phi) is 14.2. The minimum atomic E-state index is 0. The number of hydrogen-bond donors (Lipinski definition) is 0. The normalized spacial score (nSPS) is 9.00. The third kappa shape index (κ3) is 20.4. The second-order valence-corrected chi connectivity index (χ2v) is 30.1. The van der Waals surface area contributed by atoms with E-state index in [2.05, 4.69) is 61.0 Å². The van der Waals surface area contributed by atoms with Gasteiger partial charge in [-0.2, -0.15) is 0 Å². The Balaban J connectivity index is 0. The third-order valence-corrected chi connectivity index (χ3v) is 0. The summed E-state index contributed by atoms with van der Waals surface area (Å²) in [5.41, 5.74) is 0. The van der Waals surface area contributed by atoms with E-state index < -0.39 is 0 Å². The van der Waals surface area contributed by atoms with E-state index in [0.29, 0.717) is 0 Å². The van der Waals surface area contributed by atoms with E-state index in [9.17, 15) is 0 Å². The van der Waals surface area contributed by atoms with Crippen LogP contribution in [-0.2, 0) is 4.15 Å². The van der Waals surface area contributed by atoms with Gasteiger partial charge in [0.25, 0.3) is 0 Å². The first-order chi connectivity index (χ1) is 1.73. The van der Waals surface area contributed by atoms with Gasteiger partial charge in [-0.25, -0.2) is 0 Å². The van der Waals surface area contributed by atoms with Crippen LogP contribution in [0.15, 0.2) is 0 Å². The number of halogens is 3. The Morgan fingerprint density at radius 1 is 1.00 bits per heavy atom. The van der Waals surface area contributed by atoms with Gasteiger partial charge in [-0.1, -0.05) is 0 Å². The molecule has 0 spiro atoms. The molecule has 1 nitrogen and oxygen atoms in total. The summed E-state index contributed by atoms with van der Waals surface area (Å²) in [5.74, 6) is 0. The fourth-order valence-corrected chi connectivity index (χ4v) is 0. The van der Waals surface area contributed by atoms with E-state index in [4.69, 9.17) is 0 Å². The van der Waals surface area contributed by atoms with Crippen molar-refractivity contribution in [3.05, 3.63) is 0 Å². The molecule has 5 heavy (non-hydrogen) atoms. The molecule has 0 rings (SSSR count). The predicted octanol–water partition coefficient (Wildman–Crippen LogP) is 1.83. The second kappa shape index (κ2) is 6.67. The Labute approximate surface area is 69.1 Å². The Hall–Kier alpha value is 2.67. The van der Waals surface area contributed by atoms with Crippen LogP contribution < -0.4 is 0 Å². The Morgan fingerprint density at radius 2 is 1.00 bits per heavy atom. The first-order valence-corrected chi connectivity index (χ1v) is 11.9. The van der Waals surface area contributed by atoms with Gasteiger partial charge >= 0.3 is 65.2 Å². The molecule has 0 amide bonds. The number of hydrogen-bond acceptors (Lipinski definition) is 0. The van der Waals surface area contributed by atoms with Crippen molar-refractivity contribution in [2.24, 2.45) is 0 Å². The van der Waals surface area contributed by atoms with Crippen LogP contribution in [0, 0.1) is 0 Å². The molecule has 0 aromatic carbocycles. The average Bonchev–Trinajstić information content (AvgIpc) is 0.811. The molecule has 0 aliphatic rings. The quantitative estimate of drug-likeness (QED) is 0.396. The van der Waals surface area contributed by atoms with E-state index in [1.807, 2.05) is 0 Å². The first-order valence-electron chi connectivity index (χ1n) is 0.429. The van der Waals surface area contributed by atoms with Gasteiger partial charge in [-0.3, -0.25) is 0 Å². The standard InChI is InChI=1S/3HI.Mn.H2O/h3*1H;;1H2/q;;;+3;/p-3. The van der Waals surface area contributed by atoms with E-state index in [0.717, 1.165) is 0 Å². The molecular weight excluding hydrogens is 452 g/mol. The van der Waals surface area contributed by atoms with Crippen LogP contribution in [0.2, 0.25) is 0 Å². The molecule has 0 aromatic heterocycles. The Bertz CT molecular complexity index is 11.6. The van der Waals surface area contributed by atoms with Crippen molar-refractivity contribution in [1.29, 1.82) is 0 Å². The van der Waals surface area contributed by atoms with Gasteiger partial charge in [0.1, 0.15) is 0 Å². The number of rotatable bonds is 0. The molecule has 2 N–H and O–H groups in total. The topological polar surface area (TPSA) is 31.5 Å². The molecule has 0 bridgehead atoms. The van der Waals surface area contributed by atoms with Gasteiger partial charge in [0.05, 0.1) is 0 Å². The van der Waals surface area contributed by atoms with Crippen molar-refractivity contribution in [1.82, 2.24) is 0 Å². The van der Waals surface area contributed by atoms with Crippen LogP contribution in [0.25, 0.3) is 0 Å². The molecule has 0 heterocycles. The monoisotopic (exact) mass is 454 g/mol. The summed E-state index contributed by atoms with van der Waals surface area (Å²) in [5, 5.41) is 0. The molecule has 0 aromatic rings. The van der Waals surface area contributed by atoms with Gasteiger partial charge < -0.3 is 5.48 Å². The average molecular weight is 454 g/mol.